The molecule has 2 aromatic rings. The van der Waals surface area contributed by atoms with Crippen LogP contribution in [0.5, 0.6) is 0 Å². The number of furan rings is 1. The number of imide groups is 1. The van der Waals surface area contributed by atoms with Crippen LogP contribution in [0.2, 0.25) is 5.02 Å². The number of ether oxygens (including phenoxy) is 1. The Morgan fingerprint density at radius 1 is 1.20 bits per heavy atom. The van der Waals surface area contributed by atoms with Gasteiger partial charge in [-0.2, -0.15) is 0 Å². The summed E-state index contributed by atoms with van der Waals surface area (Å²) in [6, 6.07) is 5.71. The molecule has 0 bridgehead atoms. The molecule has 25 heavy (non-hydrogen) atoms. The molecule has 1 heterocycles. The van der Waals surface area contributed by atoms with Crippen LogP contribution in [-0.4, -0.2) is 29.6 Å². The van der Waals surface area contributed by atoms with Gasteiger partial charge in [0.2, 0.25) is 5.76 Å². The van der Waals surface area contributed by atoms with Gasteiger partial charge in [0.05, 0.1) is 0 Å². The van der Waals surface area contributed by atoms with Crippen molar-refractivity contribution in [1.82, 2.24) is 10.6 Å². The summed E-state index contributed by atoms with van der Waals surface area (Å²) in [4.78, 5) is 35.7. The maximum absolute atomic E-state index is 12.1. The van der Waals surface area contributed by atoms with Gasteiger partial charge >= 0.3 is 12.0 Å². The van der Waals surface area contributed by atoms with Crippen LogP contribution in [0.25, 0.3) is 11.0 Å². The first kappa shape index (κ1) is 18.8. The van der Waals surface area contributed by atoms with Gasteiger partial charge in [-0.3, -0.25) is 10.1 Å². The van der Waals surface area contributed by atoms with E-state index in [0.717, 1.165) is 0 Å². The minimum atomic E-state index is -1.17. The maximum Gasteiger partial charge on any atom is 0.375 e. The zero-order valence-electron chi connectivity index (χ0n) is 14.3. The Balaban J connectivity index is 1.98. The molecule has 0 aliphatic carbocycles. The van der Waals surface area contributed by atoms with Crippen molar-refractivity contribution in [2.24, 2.45) is 0 Å². The Bertz CT molecular complexity index is 822. The van der Waals surface area contributed by atoms with E-state index in [1.807, 2.05) is 0 Å². The molecule has 0 aliphatic heterocycles. The van der Waals surface area contributed by atoms with Crippen molar-refractivity contribution >= 4 is 40.5 Å². The third-order valence-electron chi connectivity index (χ3n) is 3.06. The molecule has 134 valence electrons. The molecule has 2 rings (SSSR count). The third kappa shape index (κ3) is 5.22. The summed E-state index contributed by atoms with van der Waals surface area (Å²) in [5, 5.41) is 5.83. The standard InChI is InChI=1S/C17H19ClN2O5/c1-9(14(21)19-16(23)20-17(2,3)4)24-15(22)13-8-10-7-11(18)5-6-12(10)25-13/h5-9H,1-4H3,(H2,19,20,21,23). The van der Waals surface area contributed by atoms with Crippen molar-refractivity contribution in [3.8, 4) is 0 Å². The van der Waals surface area contributed by atoms with Crippen molar-refractivity contribution in [3.05, 3.63) is 35.0 Å². The van der Waals surface area contributed by atoms with Gasteiger partial charge in [-0.05, 0) is 52.0 Å². The van der Waals surface area contributed by atoms with Crippen LogP contribution >= 0.6 is 11.6 Å². The van der Waals surface area contributed by atoms with Crippen LogP contribution in [0.3, 0.4) is 0 Å². The van der Waals surface area contributed by atoms with Crippen molar-refractivity contribution in [2.45, 2.75) is 39.3 Å². The van der Waals surface area contributed by atoms with Crippen LogP contribution in [0.4, 0.5) is 4.79 Å². The molecule has 0 saturated carbocycles. The molecule has 0 spiro atoms. The predicted octanol–water partition coefficient (Wildman–Crippen LogP) is 3.26. The van der Waals surface area contributed by atoms with Crippen LogP contribution in [0, 0.1) is 0 Å². The van der Waals surface area contributed by atoms with E-state index in [-0.39, 0.29) is 5.76 Å². The molecule has 0 aliphatic rings. The quantitative estimate of drug-likeness (QED) is 0.812. The molecule has 1 atom stereocenters. The van der Waals surface area contributed by atoms with Gasteiger partial charge in [0.15, 0.2) is 6.10 Å². The molecule has 0 saturated heterocycles. The second-order valence-electron chi connectivity index (χ2n) is 6.53. The summed E-state index contributed by atoms with van der Waals surface area (Å²) >= 11 is 5.88. The SMILES string of the molecule is CC(OC(=O)c1cc2cc(Cl)ccc2o1)C(=O)NC(=O)NC(C)(C)C. The smallest absolute Gasteiger partial charge is 0.375 e. The summed E-state index contributed by atoms with van der Waals surface area (Å²) in [6.07, 6.45) is -1.17. The van der Waals surface area contributed by atoms with E-state index in [4.69, 9.17) is 20.8 Å². The fourth-order valence-corrected chi connectivity index (χ4v) is 2.15. The van der Waals surface area contributed by atoms with Gasteiger partial charge in [-0.1, -0.05) is 11.6 Å². The predicted molar refractivity (Wildman–Crippen MR) is 92.5 cm³/mol. The van der Waals surface area contributed by atoms with Crippen molar-refractivity contribution in [1.29, 1.82) is 0 Å². The van der Waals surface area contributed by atoms with Gasteiger partial charge in [0.25, 0.3) is 5.91 Å². The summed E-state index contributed by atoms with van der Waals surface area (Å²) in [6.45, 7) is 6.67. The minimum Gasteiger partial charge on any atom is -0.449 e. The lowest BCUT2D eigenvalue weighted by molar-refractivity contribution is -0.128. The molecular weight excluding hydrogens is 348 g/mol. The first-order valence-electron chi connectivity index (χ1n) is 7.58. The Morgan fingerprint density at radius 2 is 1.88 bits per heavy atom. The molecule has 1 aromatic heterocycles. The van der Waals surface area contributed by atoms with Gasteiger partial charge in [0, 0.05) is 15.9 Å². The van der Waals surface area contributed by atoms with E-state index in [1.54, 1.807) is 39.0 Å². The molecule has 2 N–H and O–H groups in total. The topological polar surface area (TPSA) is 97.6 Å². The highest BCUT2D eigenvalue weighted by Gasteiger charge is 2.24. The monoisotopic (exact) mass is 366 g/mol. The second-order valence-corrected chi connectivity index (χ2v) is 6.97. The summed E-state index contributed by atoms with van der Waals surface area (Å²) in [5.74, 6) is -1.61. The number of halogens is 1. The van der Waals surface area contributed by atoms with E-state index < -0.39 is 29.6 Å². The summed E-state index contributed by atoms with van der Waals surface area (Å²) < 4.78 is 10.4. The molecule has 8 heteroatoms. The summed E-state index contributed by atoms with van der Waals surface area (Å²) in [7, 11) is 0. The van der Waals surface area contributed by atoms with Crippen LogP contribution in [-0.2, 0) is 9.53 Å². The Morgan fingerprint density at radius 3 is 2.52 bits per heavy atom. The van der Waals surface area contributed by atoms with Gasteiger partial charge in [-0.15, -0.1) is 0 Å². The maximum atomic E-state index is 12.1. The van der Waals surface area contributed by atoms with E-state index in [0.29, 0.717) is 16.0 Å². The number of amides is 3. The lowest BCUT2D eigenvalue weighted by atomic mass is 10.1. The van der Waals surface area contributed by atoms with Crippen molar-refractivity contribution < 1.29 is 23.5 Å². The molecule has 1 aromatic carbocycles. The van der Waals surface area contributed by atoms with E-state index in [2.05, 4.69) is 10.6 Å². The highest BCUT2D eigenvalue weighted by atomic mass is 35.5. The number of urea groups is 1. The van der Waals surface area contributed by atoms with E-state index in [9.17, 15) is 14.4 Å². The van der Waals surface area contributed by atoms with Crippen molar-refractivity contribution in [2.75, 3.05) is 0 Å². The second kappa shape index (κ2) is 7.14. The number of hydrogen-bond acceptors (Lipinski definition) is 5. The van der Waals surface area contributed by atoms with Gasteiger partial charge in [-0.25, -0.2) is 9.59 Å². The molecular formula is C17H19ClN2O5. The number of nitrogens with one attached hydrogen (secondary N) is 2. The van der Waals surface area contributed by atoms with Gasteiger partial charge in [0.1, 0.15) is 5.58 Å². The molecule has 0 fully saturated rings. The largest absolute Gasteiger partial charge is 0.449 e. The van der Waals surface area contributed by atoms with Gasteiger partial charge < -0.3 is 14.5 Å². The highest BCUT2D eigenvalue weighted by Crippen LogP contribution is 2.23. The number of hydrogen-bond donors (Lipinski definition) is 2. The molecule has 0 radical (unpaired) electrons. The summed E-state index contributed by atoms with van der Waals surface area (Å²) in [5.41, 5.74) is -0.0298. The Hall–Kier alpha value is -2.54. The molecule has 3 amide bonds. The molecule has 7 nitrogen and oxygen atoms in total. The molecule has 1 unspecified atom stereocenters. The first-order chi connectivity index (χ1) is 11.5. The number of carbonyl (C=O) groups excluding carboxylic acids is 3. The fourth-order valence-electron chi connectivity index (χ4n) is 1.97. The van der Waals surface area contributed by atoms with E-state index >= 15 is 0 Å². The average molecular weight is 367 g/mol. The Kier molecular flexibility index (Phi) is 5.37. The highest BCUT2D eigenvalue weighted by molar-refractivity contribution is 6.31. The number of carbonyl (C=O) groups is 3. The van der Waals surface area contributed by atoms with Crippen LogP contribution < -0.4 is 10.6 Å². The minimum absolute atomic E-state index is 0.0592. The van der Waals surface area contributed by atoms with Crippen molar-refractivity contribution in [3.63, 3.8) is 0 Å². The zero-order chi connectivity index (χ0) is 18.8. The van der Waals surface area contributed by atoms with Crippen LogP contribution in [0.1, 0.15) is 38.2 Å². The lowest BCUT2D eigenvalue weighted by Crippen LogP contribution is -2.50. The zero-order valence-corrected chi connectivity index (χ0v) is 15.1. The van der Waals surface area contributed by atoms with Crippen LogP contribution in [0.15, 0.2) is 28.7 Å². The number of rotatable bonds is 3. The Labute approximate surface area is 149 Å². The number of benzene rings is 1. The first-order valence-corrected chi connectivity index (χ1v) is 7.96. The van der Waals surface area contributed by atoms with E-state index in [1.165, 1.54) is 13.0 Å². The number of fused-ring (bicyclic) bond motifs is 1. The average Bonchev–Trinajstić information content (AvgIpc) is 2.87. The fraction of sp³-hybridized carbons (Fsp3) is 0.353. The third-order valence-corrected chi connectivity index (χ3v) is 3.29. The lowest BCUT2D eigenvalue weighted by Gasteiger charge is -2.21. The normalized spacial score (nSPS) is 12.5. The number of esters is 1.